The first kappa shape index (κ1) is 21.7. The Balaban J connectivity index is 1.75. The molecule has 2 aromatic heterocycles. The topological polar surface area (TPSA) is 135 Å². The summed E-state index contributed by atoms with van der Waals surface area (Å²) in [6.07, 6.45) is 7.00. The molecule has 3 atom stereocenters. The third kappa shape index (κ3) is 4.29. The fourth-order valence-electron chi connectivity index (χ4n) is 3.32. The Morgan fingerprint density at radius 3 is 3.00 bits per heavy atom. The minimum atomic E-state index is -1.60. The number of nitrogens with two attached hydrogens (primary N) is 1. The minimum absolute atomic E-state index is 0.0622. The summed E-state index contributed by atoms with van der Waals surface area (Å²) in [7, 11) is 0. The lowest BCUT2D eigenvalue weighted by Gasteiger charge is -2.26. The molecular weight excluding hydrogens is 397 g/mol. The van der Waals surface area contributed by atoms with Gasteiger partial charge in [0, 0.05) is 6.42 Å². The van der Waals surface area contributed by atoms with Crippen molar-refractivity contribution in [3.63, 3.8) is 0 Å². The van der Waals surface area contributed by atoms with Gasteiger partial charge in [-0.25, -0.2) is 9.78 Å². The summed E-state index contributed by atoms with van der Waals surface area (Å²) in [5.74, 6) is 2.23. The fourth-order valence-corrected chi connectivity index (χ4v) is 3.32. The smallest absolute Gasteiger partial charge is 0.434 e. The SMILES string of the molecule is C#C[C@]1(CO)O[C@@H](n2cnc3c(N)nc(F)nc32)C[C@@H]1OC(=O)OCCCCCC. The highest BCUT2D eigenvalue weighted by Gasteiger charge is 2.51. The summed E-state index contributed by atoms with van der Waals surface area (Å²) < 4.78 is 31.3. The lowest BCUT2D eigenvalue weighted by atomic mass is 9.99. The predicted octanol–water partition coefficient (Wildman–Crippen LogP) is 1.93. The van der Waals surface area contributed by atoms with Crippen molar-refractivity contribution in [2.75, 3.05) is 18.9 Å². The van der Waals surface area contributed by atoms with Gasteiger partial charge in [-0.3, -0.25) is 4.57 Å². The number of ether oxygens (including phenoxy) is 3. The molecule has 0 amide bonds. The molecule has 162 valence electrons. The molecule has 0 saturated carbocycles. The van der Waals surface area contributed by atoms with Crippen molar-refractivity contribution in [3.8, 4) is 12.3 Å². The van der Waals surface area contributed by atoms with E-state index in [9.17, 15) is 14.3 Å². The van der Waals surface area contributed by atoms with E-state index in [0.29, 0.717) is 0 Å². The van der Waals surface area contributed by atoms with Crippen LogP contribution in [0, 0.1) is 18.4 Å². The standard InChI is InChI=1S/C19H24FN5O5/c1-3-5-6-7-8-28-18(27)29-12-9-13(30-19(12,4-2)10-26)25-11-22-14-15(21)23-17(20)24-16(14)25/h2,11-13,26H,3,5-10H2,1H3,(H2,21,23,24)/t12-,13+,19+/m0/s1. The lowest BCUT2D eigenvalue weighted by molar-refractivity contribution is -0.0976. The van der Waals surface area contributed by atoms with Gasteiger partial charge in [-0.05, 0) is 6.42 Å². The summed E-state index contributed by atoms with van der Waals surface area (Å²) in [5, 5.41) is 9.86. The first-order chi connectivity index (χ1) is 14.4. The molecule has 1 saturated heterocycles. The molecule has 0 aliphatic carbocycles. The molecule has 1 aliphatic heterocycles. The zero-order valence-corrected chi connectivity index (χ0v) is 16.6. The molecular formula is C19H24FN5O5. The van der Waals surface area contributed by atoms with Crippen molar-refractivity contribution < 1.29 is 28.5 Å². The van der Waals surface area contributed by atoms with Crippen LogP contribution in [0.15, 0.2) is 6.33 Å². The van der Waals surface area contributed by atoms with E-state index in [4.69, 9.17) is 26.4 Å². The van der Waals surface area contributed by atoms with Crippen LogP contribution in [0.5, 0.6) is 0 Å². The summed E-state index contributed by atoms with van der Waals surface area (Å²) >= 11 is 0. The molecule has 3 rings (SSSR count). The maximum absolute atomic E-state index is 13.6. The third-order valence-corrected chi connectivity index (χ3v) is 4.95. The number of anilines is 1. The van der Waals surface area contributed by atoms with Gasteiger partial charge >= 0.3 is 12.2 Å². The van der Waals surface area contributed by atoms with Crippen molar-refractivity contribution in [1.82, 2.24) is 19.5 Å². The number of hydrogen-bond donors (Lipinski definition) is 2. The number of rotatable bonds is 8. The fraction of sp³-hybridized carbons (Fsp3) is 0.579. The monoisotopic (exact) mass is 421 g/mol. The molecule has 0 unspecified atom stereocenters. The van der Waals surface area contributed by atoms with Crippen LogP contribution in [0.3, 0.4) is 0 Å². The predicted molar refractivity (Wildman–Crippen MR) is 103 cm³/mol. The van der Waals surface area contributed by atoms with E-state index in [0.717, 1.165) is 25.7 Å². The van der Waals surface area contributed by atoms with Crippen molar-refractivity contribution in [2.24, 2.45) is 0 Å². The Morgan fingerprint density at radius 1 is 1.50 bits per heavy atom. The van der Waals surface area contributed by atoms with Gasteiger partial charge in [-0.15, -0.1) is 6.42 Å². The van der Waals surface area contributed by atoms with E-state index in [1.165, 1.54) is 10.9 Å². The maximum atomic E-state index is 13.6. The number of fused-ring (bicyclic) bond motifs is 1. The number of aliphatic hydroxyl groups excluding tert-OH is 1. The average Bonchev–Trinajstić information content (AvgIpc) is 3.29. The Bertz CT molecular complexity index is 945. The molecule has 10 nitrogen and oxygen atoms in total. The van der Waals surface area contributed by atoms with Crippen molar-refractivity contribution >= 4 is 23.1 Å². The summed E-state index contributed by atoms with van der Waals surface area (Å²) in [6.45, 7) is 1.70. The Labute approximate surface area is 172 Å². The quantitative estimate of drug-likeness (QED) is 0.284. The molecule has 0 radical (unpaired) electrons. The second-order valence-electron chi connectivity index (χ2n) is 6.97. The average molecular weight is 421 g/mol. The number of aromatic nitrogens is 4. The zero-order valence-electron chi connectivity index (χ0n) is 16.6. The zero-order chi connectivity index (χ0) is 21.7. The van der Waals surface area contributed by atoms with Crippen LogP contribution < -0.4 is 5.73 Å². The molecule has 3 N–H and O–H groups in total. The number of aliphatic hydroxyl groups is 1. The second-order valence-corrected chi connectivity index (χ2v) is 6.97. The van der Waals surface area contributed by atoms with Gasteiger partial charge in [0.15, 0.2) is 28.7 Å². The number of imidazole rings is 1. The number of halogens is 1. The van der Waals surface area contributed by atoms with Gasteiger partial charge in [0.05, 0.1) is 19.5 Å². The Hall–Kier alpha value is -2.97. The van der Waals surface area contributed by atoms with Gasteiger partial charge < -0.3 is 25.1 Å². The van der Waals surface area contributed by atoms with Gasteiger partial charge in [-0.2, -0.15) is 14.4 Å². The van der Waals surface area contributed by atoms with Gasteiger partial charge in [-0.1, -0.05) is 32.1 Å². The molecule has 3 heterocycles. The van der Waals surface area contributed by atoms with Crippen LogP contribution in [0.25, 0.3) is 11.2 Å². The molecule has 1 fully saturated rings. The molecule has 0 spiro atoms. The van der Waals surface area contributed by atoms with E-state index in [1.54, 1.807) is 0 Å². The summed E-state index contributed by atoms with van der Waals surface area (Å²) in [5.41, 5.74) is 4.36. The van der Waals surface area contributed by atoms with Crippen LogP contribution in [0.1, 0.15) is 45.3 Å². The number of carbonyl (C=O) groups excluding carboxylic acids is 1. The van der Waals surface area contributed by atoms with Crippen LogP contribution in [-0.2, 0) is 14.2 Å². The number of nitrogens with zero attached hydrogens (tertiary/aromatic N) is 4. The first-order valence-electron chi connectivity index (χ1n) is 9.69. The lowest BCUT2D eigenvalue weighted by Crippen LogP contribution is -2.44. The van der Waals surface area contributed by atoms with Crippen LogP contribution in [0.2, 0.25) is 0 Å². The third-order valence-electron chi connectivity index (χ3n) is 4.95. The molecule has 11 heteroatoms. The second kappa shape index (κ2) is 9.23. The van der Waals surface area contributed by atoms with Crippen molar-refractivity contribution in [3.05, 3.63) is 12.4 Å². The number of hydrogen-bond acceptors (Lipinski definition) is 9. The van der Waals surface area contributed by atoms with Crippen LogP contribution in [0.4, 0.5) is 15.0 Å². The van der Waals surface area contributed by atoms with Gasteiger partial charge in [0.2, 0.25) is 0 Å². The minimum Gasteiger partial charge on any atom is -0.434 e. The first-order valence-corrected chi connectivity index (χ1v) is 9.69. The van der Waals surface area contributed by atoms with E-state index < -0.39 is 36.8 Å². The van der Waals surface area contributed by atoms with E-state index in [2.05, 4.69) is 27.8 Å². The molecule has 1 aliphatic rings. The molecule has 0 aromatic carbocycles. The number of unbranched alkanes of at least 4 members (excludes halogenated alkanes) is 3. The Morgan fingerprint density at radius 2 is 2.30 bits per heavy atom. The molecule has 0 bridgehead atoms. The number of nitrogen functional groups attached to an aromatic ring is 1. The highest BCUT2D eigenvalue weighted by Crippen LogP contribution is 2.39. The van der Waals surface area contributed by atoms with Gasteiger partial charge in [0.25, 0.3) is 0 Å². The summed E-state index contributed by atoms with van der Waals surface area (Å²) in [4.78, 5) is 23.3. The normalized spacial score (nSPS) is 23.4. The highest BCUT2D eigenvalue weighted by atomic mass is 19.1. The van der Waals surface area contributed by atoms with Crippen molar-refractivity contribution in [2.45, 2.75) is 57.0 Å². The highest BCUT2D eigenvalue weighted by molar-refractivity contribution is 5.81. The van der Waals surface area contributed by atoms with Crippen LogP contribution in [-0.4, -0.2) is 55.7 Å². The van der Waals surface area contributed by atoms with E-state index in [-0.39, 0.29) is 30.0 Å². The van der Waals surface area contributed by atoms with Crippen molar-refractivity contribution in [1.29, 1.82) is 0 Å². The number of terminal acetylenes is 1. The van der Waals surface area contributed by atoms with Gasteiger partial charge in [0.1, 0.15) is 6.23 Å². The number of carbonyl (C=O) groups is 1. The van der Waals surface area contributed by atoms with Crippen LogP contribution >= 0.6 is 0 Å². The Kier molecular flexibility index (Phi) is 6.69. The molecule has 30 heavy (non-hydrogen) atoms. The molecule has 2 aromatic rings. The maximum Gasteiger partial charge on any atom is 0.508 e. The van der Waals surface area contributed by atoms with E-state index >= 15 is 0 Å². The summed E-state index contributed by atoms with van der Waals surface area (Å²) in [6, 6.07) is 0. The van der Waals surface area contributed by atoms with E-state index in [1.807, 2.05) is 0 Å². The largest absolute Gasteiger partial charge is 0.508 e.